The van der Waals surface area contributed by atoms with E-state index in [1.54, 1.807) is 13.8 Å². The molecule has 0 aliphatic carbocycles. The van der Waals surface area contributed by atoms with E-state index < -0.39 is 5.97 Å². The van der Waals surface area contributed by atoms with Crippen molar-refractivity contribution in [2.45, 2.75) is 20.8 Å². The molecule has 0 fully saturated rings. The van der Waals surface area contributed by atoms with Crippen molar-refractivity contribution >= 4 is 17.6 Å². The summed E-state index contributed by atoms with van der Waals surface area (Å²) in [5.74, 6) is 0.0614. The lowest BCUT2D eigenvalue weighted by atomic mass is 10.2. The lowest BCUT2D eigenvalue weighted by Crippen LogP contribution is -2.10. The van der Waals surface area contributed by atoms with Gasteiger partial charge in [0.05, 0.1) is 17.9 Å². The summed E-state index contributed by atoms with van der Waals surface area (Å²) in [5, 5.41) is 3.10. The summed E-state index contributed by atoms with van der Waals surface area (Å²) in [6, 6.07) is 7.91. The molecule has 0 amide bonds. The first-order valence-corrected chi connectivity index (χ1v) is 6.44. The van der Waals surface area contributed by atoms with Gasteiger partial charge in [0.2, 0.25) is 5.95 Å². The first-order chi connectivity index (χ1) is 9.60. The fourth-order valence-corrected chi connectivity index (χ4v) is 1.70. The minimum Gasteiger partial charge on any atom is -0.462 e. The summed E-state index contributed by atoms with van der Waals surface area (Å²) >= 11 is 0. The van der Waals surface area contributed by atoms with Crippen molar-refractivity contribution in [1.29, 1.82) is 0 Å². The van der Waals surface area contributed by atoms with Gasteiger partial charge in [-0.05, 0) is 32.9 Å². The average molecular weight is 271 g/mol. The quantitative estimate of drug-likeness (QED) is 0.866. The Bertz CT molecular complexity index is 609. The number of hydrogen-bond acceptors (Lipinski definition) is 5. The Kier molecular flexibility index (Phi) is 4.30. The number of ether oxygens (including phenoxy) is 1. The van der Waals surface area contributed by atoms with E-state index in [0.717, 1.165) is 5.69 Å². The topological polar surface area (TPSA) is 64.1 Å². The summed E-state index contributed by atoms with van der Waals surface area (Å²) in [7, 11) is 0. The normalized spacial score (nSPS) is 10.2. The molecule has 0 aliphatic rings. The standard InChI is InChI=1S/C15H17N3O2/c1-4-20-14(19)13-9-16-15(17-11(13)3)18-12-7-5-10(2)6-8-12/h5-9H,4H2,1-3H3,(H,16,17,18). The van der Waals surface area contributed by atoms with Crippen molar-refractivity contribution in [1.82, 2.24) is 9.97 Å². The molecule has 0 spiro atoms. The predicted octanol–water partition coefficient (Wildman–Crippen LogP) is 3.01. The van der Waals surface area contributed by atoms with Crippen molar-refractivity contribution in [3.05, 3.63) is 47.3 Å². The van der Waals surface area contributed by atoms with Crippen molar-refractivity contribution in [3.63, 3.8) is 0 Å². The van der Waals surface area contributed by atoms with Crippen LogP contribution in [0.5, 0.6) is 0 Å². The highest BCUT2D eigenvalue weighted by molar-refractivity contribution is 5.90. The number of aromatic nitrogens is 2. The second-order valence-electron chi connectivity index (χ2n) is 4.40. The van der Waals surface area contributed by atoms with E-state index in [1.807, 2.05) is 31.2 Å². The number of hydrogen-bond donors (Lipinski definition) is 1. The molecular formula is C15H17N3O2. The maximum atomic E-state index is 11.6. The van der Waals surface area contributed by atoms with Crippen molar-refractivity contribution in [3.8, 4) is 0 Å². The fraction of sp³-hybridized carbons (Fsp3) is 0.267. The van der Waals surface area contributed by atoms with Crippen LogP contribution in [0.25, 0.3) is 0 Å². The van der Waals surface area contributed by atoms with Gasteiger partial charge in [0.1, 0.15) is 0 Å². The predicted molar refractivity (Wildman–Crippen MR) is 77.2 cm³/mol. The number of carbonyl (C=O) groups is 1. The Morgan fingerprint density at radius 2 is 1.95 bits per heavy atom. The van der Waals surface area contributed by atoms with Crippen LogP contribution in [0.4, 0.5) is 11.6 Å². The number of esters is 1. The average Bonchev–Trinajstić information content (AvgIpc) is 2.42. The molecule has 5 nitrogen and oxygen atoms in total. The van der Waals surface area contributed by atoms with Gasteiger partial charge in [-0.25, -0.2) is 14.8 Å². The zero-order valence-corrected chi connectivity index (χ0v) is 11.8. The first kappa shape index (κ1) is 14.0. The van der Waals surface area contributed by atoms with Crippen LogP contribution in [0.3, 0.4) is 0 Å². The number of benzene rings is 1. The SMILES string of the molecule is CCOC(=O)c1cnc(Nc2ccc(C)cc2)nc1C. The van der Waals surface area contributed by atoms with Crippen LogP contribution >= 0.6 is 0 Å². The maximum absolute atomic E-state index is 11.6. The summed E-state index contributed by atoms with van der Waals surface area (Å²) in [6.07, 6.45) is 1.48. The van der Waals surface area contributed by atoms with Crippen LogP contribution < -0.4 is 5.32 Å². The van der Waals surface area contributed by atoms with E-state index in [0.29, 0.717) is 23.8 Å². The largest absolute Gasteiger partial charge is 0.462 e. The van der Waals surface area contributed by atoms with Crippen molar-refractivity contribution in [2.24, 2.45) is 0 Å². The molecule has 0 saturated carbocycles. The number of nitrogens with one attached hydrogen (secondary N) is 1. The van der Waals surface area contributed by atoms with E-state index in [2.05, 4.69) is 15.3 Å². The Morgan fingerprint density at radius 1 is 1.25 bits per heavy atom. The van der Waals surface area contributed by atoms with Crippen LogP contribution in [0.1, 0.15) is 28.5 Å². The fourth-order valence-electron chi connectivity index (χ4n) is 1.70. The van der Waals surface area contributed by atoms with Gasteiger partial charge < -0.3 is 10.1 Å². The molecule has 0 aliphatic heterocycles. The van der Waals surface area contributed by atoms with Crippen LogP contribution in [-0.2, 0) is 4.74 Å². The van der Waals surface area contributed by atoms with E-state index in [9.17, 15) is 4.79 Å². The highest BCUT2D eigenvalue weighted by Gasteiger charge is 2.12. The highest BCUT2D eigenvalue weighted by Crippen LogP contribution is 2.15. The molecule has 1 aromatic heterocycles. The lowest BCUT2D eigenvalue weighted by Gasteiger charge is -2.08. The Labute approximate surface area is 118 Å². The Morgan fingerprint density at radius 3 is 2.55 bits per heavy atom. The van der Waals surface area contributed by atoms with E-state index in [1.165, 1.54) is 11.8 Å². The van der Waals surface area contributed by atoms with Crippen molar-refractivity contribution in [2.75, 3.05) is 11.9 Å². The van der Waals surface area contributed by atoms with Gasteiger partial charge in [-0.1, -0.05) is 17.7 Å². The smallest absolute Gasteiger partial charge is 0.341 e. The van der Waals surface area contributed by atoms with Gasteiger partial charge >= 0.3 is 5.97 Å². The third-order valence-corrected chi connectivity index (χ3v) is 2.78. The van der Waals surface area contributed by atoms with Crippen LogP contribution in [0.2, 0.25) is 0 Å². The monoisotopic (exact) mass is 271 g/mol. The summed E-state index contributed by atoms with van der Waals surface area (Å²) < 4.78 is 4.94. The van der Waals surface area contributed by atoms with E-state index >= 15 is 0 Å². The van der Waals surface area contributed by atoms with Crippen LogP contribution in [-0.4, -0.2) is 22.5 Å². The first-order valence-electron chi connectivity index (χ1n) is 6.44. The minimum absolute atomic E-state index is 0.335. The zero-order valence-electron chi connectivity index (χ0n) is 11.8. The molecule has 1 N–H and O–H groups in total. The zero-order chi connectivity index (χ0) is 14.5. The van der Waals surface area contributed by atoms with E-state index in [-0.39, 0.29) is 0 Å². The number of anilines is 2. The molecule has 1 heterocycles. The van der Waals surface area contributed by atoms with Gasteiger partial charge in [0.25, 0.3) is 0 Å². The number of nitrogens with zero attached hydrogens (tertiary/aromatic N) is 2. The van der Waals surface area contributed by atoms with Gasteiger partial charge in [0, 0.05) is 11.9 Å². The molecule has 0 atom stereocenters. The second kappa shape index (κ2) is 6.14. The molecule has 2 aromatic rings. The maximum Gasteiger partial charge on any atom is 0.341 e. The molecule has 1 aromatic carbocycles. The molecule has 0 unspecified atom stereocenters. The number of aryl methyl sites for hydroxylation is 2. The third-order valence-electron chi connectivity index (χ3n) is 2.78. The number of carbonyl (C=O) groups excluding carboxylic acids is 1. The molecule has 5 heteroatoms. The van der Waals surface area contributed by atoms with E-state index in [4.69, 9.17) is 4.74 Å². The summed E-state index contributed by atoms with van der Waals surface area (Å²) in [5.41, 5.74) is 3.07. The molecule has 2 rings (SSSR count). The van der Waals surface area contributed by atoms with Gasteiger partial charge in [-0.15, -0.1) is 0 Å². The molecule has 0 radical (unpaired) electrons. The minimum atomic E-state index is -0.396. The number of rotatable bonds is 4. The van der Waals surface area contributed by atoms with Gasteiger partial charge in [-0.2, -0.15) is 0 Å². The molecular weight excluding hydrogens is 254 g/mol. The van der Waals surface area contributed by atoms with Crippen LogP contribution in [0.15, 0.2) is 30.5 Å². The Hall–Kier alpha value is -2.43. The highest BCUT2D eigenvalue weighted by atomic mass is 16.5. The lowest BCUT2D eigenvalue weighted by molar-refractivity contribution is 0.0524. The van der Waals surface area contributed by atoms with Gasteiger partial charge in [-0.3, -0.25) is 0 Å². The van der Waals surface area contributed by atoms with Gasteiger partial charge in [0.15, 0.2) is 0 Å². The van der Waals surface area contributed by atoms with Crippen molar-refractivity contribution < 1.29 is 9.53 Å². The summed E-state index contributed by atoms with van der Waals surface area (Å²) in [4.78, 5) is 20.1. The molecule has 20 heavy (non-hydrogen) atoms. The second-order valence-corrected chi connectivity index (χ2v) is 4.40. The molecule has 0 bridgehead atoms. The molecule has 0 saturated heterocycles. The third kappa shape index (κ3) is 3.32. The Balaban J connectivity index is 2.16. The van der Waals surface area contributed by atoms with Crippen LogP contribution in [0, 0.1) is 13.8 Å². The summed E-state index contributed by atoms with van der Waals surface area (Å²) in [6.45, 7) is 5.88. The molecule has 104 valence electrons.